The smallest absolute Gasteiger partial charge is 0.0510 e. The number of ether oxygens (including phenoxy) is 1. The molecule has 4 heterocycles. The second-order valence-corrected chi connectivity index (χ2v) is 6.01. The number of piperazine rings is 3. The van der Waals surface area contributed by atoms with Gasteiger partial charge in [-0.05, 0) is 19.4 Å². The molecule has 4 saturated heterocycles. The van der Waals surface area contributed by atoms with Gasteiger partial charge in [0.2, 0.25) is 0 Å². The van der Waals surface area contributed by atoms with Gasteiger partial charge in [-0.3, -0.25) is 9.80 Å². The highest BCUT2D eigenvalue weighted by Crippen LogP contribution is 2.26. The molecular weight excluding hydrogens is 226 g/mol. The first-order chi connectivity index (χ1) is 8.88. The average molecular weight is 253 g/mol. The molecule has 0 aliphatic carbocycles. The molecule has 4 aliphatic rings. The monoisotopic (exact) mass is 253 g/mol. The molecule has 0 aromatic carbocycles. The van der Waals surface area contributed by atoms with Crippen LogP contribution in [0.5, 0.6) is 0 Å². The summed E-state index contributed by atoms with van der Waals surface area (Å²) in [5.41, 5.74) is 0. The molecule has 3 atom stereocenters. The first kappa shape index (κ1) is 12.9. The molecule has 4 rings (SSSR count). The molecule has 0 aromatic rings. The van der Waals surface area contributed by atoms with E-state index in [0.29, 0.717) is 12.1 Å². The third-order valence-electron chi connectivity index (χ3n) is 4.84. The van der Waals surface area contributed by atoms with Gasteiger partial charge in [0.1, 0.15) is 0 Å². The van der Waals surface area contributed by atoms with E-state index in [9.17, 15) is 0 Å². The quantitative estimate of drug-likeness (QED) is 0.767. The topological polar surface area (TPSA) is 27.7 Å². The lowest BCUT2D eigenvalue weighted by Crippen LogP contribution is -2.67. The third-order valence-corrected chi connectivity index (χ3v) is 4.84. The van der Waals surface area contributed by atoms with Gasteiger partial charge in [0, 0.05) is 57.3 Å². The Hall–Kier alpha value is -0.160. The molecule has 104 valence electrons. The Labute approximate surface area is 111 Å². The zero-order valence-electron chi connectivity index (χ0n) is 11.6. The summed E-state index contributed by atoms with van der Waals surface area (Å²) in [5, 5.41) is 3.82. The molecule has 4 fully saturated rings. The van der Waals surface area contributed by atoms with Crippen molar-refractivity contribution in [2.75, 3.05) is 52.5 Å². The zero-order valence-corrected chi connectivity index (χ0v) is 11.6. The first-order valence-electron chi connectivity index (χ1n) is 7.66. The Kier molecular flexibility index (Phi) is 4.19. The van der Waals surface area contributed by atoms with Crippen LogP contribution in [0.15, 0.2) is 0 Å². The molecule has 0 spiro atoms. The largest absolute Gasteiger partial charge is 0.381 e. The molecule has 4 aliphatic heterocycles. The number of hydrogen-bond acceptors (Lipinski definition) is 4. The van der Waals surface area contributed by atoms with Crippen LogP contribution in [0.4, 0.5) is 0 Å². The van der Waals surface area contributed by atoms with Crippen molar-refractivity contribution in [1.29, 1.82) is 0 Å². The fraction of sp³-hybridized carbons (Fsp3) is 1.00. The van der Waals surface area contributed by atoms with Gasteiger partial charge in [-0.1, -0.05) is 6.92 Å². The summed E-state index contributed by atoms with van der Waals surface area (Å²) in [6, 6.07) is 1.35. The van der Waals surface area contributed by atoms with E-state index in [1.54, 1.807) is 0 Å². The summed E-state index contributed by atoms with van der Waals surface area (Å²) >= 11 is 0. The van der Waals surface area contributed by atoms with E-state index < -0.39 is 0 Å². The molecule has 0 aromatic heterocycles. The Bertz CT molecular complexity index is 260. The molecule has 4 heteroatoms. The SMILES string of the molecule is CCCNC(C1CCOC1)C1CN2CCN1CC2. The molecule has 3 unspecified atom stereocenters. The predicted octanol–water partition coefficient (Wildman–Crippen LogP) is 0.391. The molecule has 18 heavy (non-hydrogen) atoms. The Morgan fingerprint density at radius 1 is 1.28 bits per heavy atom. The summed E-state index contributed by atoms with van der Waals surface area (Å²) in [6.07, 6.45) is 2.46. The van der Waals surface area contributed by atoms with Crippen LogP contribution >= 0.6 is 0 Å². The zero-order chi connectivity index (χ0) is 12.4. The normalized spacial score (nSPS) is 41.2. The van der Waals surface area contributed by atoms with Crippen molar-refractivity contribution in [1.82, 2.24) is 15.1 Å². The minimum absolute atomic E-state index is 0.635. The highest BCUT2D eigenvalue weighted by atomic mass is 16.5. The number of rotatable bonds is 5. The number of fused-ring (bicyclic) bond motifs is 3. The first-order valence-corrected chi connectivity index (χ1v) is 7.66. The van der Waals surface area contributed by atoms with Crippen LogP contribution in [0.2, 0.25) is 0 Å². The molecule has 0 radical (unpaired) electrons. The summed E-state index contributed by atoms with van der Waals surface area (Å²) < 4.78 is 5.62. The summed E-state index contributed by atoms with van der Waals surface area (Å²) in [7, 11) is 0. The van der Waals surface area contributed by atoms with Gasteiger partial charge in [0.05, 0.1) is 6.61 Å². The fourth-order valence-corrected chi connectivity index (χ4v) is 3.76. The second kappa shape index (κ2) is 5.87. The van der Waals surface area contributed by atoms with E-state index in [1.165, 1.54) is 45.6 Å². The Morgan fingerprint density at radius 3 is 2.67 bits per heavy atom. The molecule has 2 bridgehead atoms. The standard InChI is InChI=1S/C14H27N3O/c1-2-4-15-14(12-3-9-18-11-12)13-10-16-5-7-17(13)8-6-16/h12-15H,2-11H2,1H3. The van der Waals surface area contributed by atoms with Crippen LogP contribution in [-0.4, -0.2) is 74.4 Å². The van der Waals surface area contributed by atoms with E-state index in [1.807, 2.05) is 0 Å². The number of nitrogens with zero attached hydrogens (tertiary/aromatic N) is 2. The van der Waals surface area contributed by atoms with Gasteiger partial charge in [0.15, 0.2) is 0 Å². The highest BCUT2D eigenvalue weighted by Gasteiger charge is 2.40. The average Bonchev–Trinajstić information content (AvgIpc) is 2.95. The van der Waals surface area contributed by atoms with E-state index in [4.69, 9.17) is 4.74 Å². The van der Waals surface area contributed by atoms with Crippen molar-refractivity contribution in [3.05, 3.63) is 0 Å². The molecule has 1 N–H and O–H groups in total. The van der Waals surface area contributed by atoms with Crippen molar-refractivity contribution in [2.45, 2.75) is 31.8 Å². The summed E-state index contributed by atoms with van der Waals surface area (Å²) in [5.74, 6) is 0.724. The Morgan fingerprint density at radius 2 is 2.11 bits per heavy atom. The van der Waals surface area contributed by atoms with Crippen LogP contribution < -0.4 is 5.32 Å². The molecule has 0 saturated carbocycles. The van der Waals surface area contributed by atoms with Gasteiger partial charge in [-0.2, -0.15) is 0 Å². The number of hydrogen-bond donors (Lipinski definition) is 1. The minimum atomic E-state index is 0.635. The third kappa shape index (κ3) is 2.57. The summed E-state index contributed by atoms with van der Waals surface area (Å²) in [6.45, 7) is 11.7. The van der Waals surface area contributed by atoms with E-state index in [-0.39, 0.29) is 0 Å². The van der Waals surface area contributed by atoms with Crippen molar-refractivity contribution >= 4 is 0 Å². The van der Waals surface area contributed by atoms with Gasteiger partial charge in [-0.15, -0.1) is 0 Å². The molecule has 0 amide bonds. The fourth-order valence-electron chi connectivity index (χ4n) is 3.76. The maximum absolute atomic E-state index is 5.62. The van der Waals surface area contributed by atoms with Crippen molar-refractivity contribution < 1.29 is 4.74 Å². The van der Waals surface area contributed by atoms with Crippen molar-refractivity contribution in [2.24, 2.45) is 5.92 Å². The molecular formula is C14H27N3O. The lowest BCUT2D eigenvalue weighted by Gasteiger charge is -2.51. The van der Waals surface area contributed by atoms with Crippen LogP contribution in [0.3, 0.4) is 0 Å². The van der Waals surface area contributed by atoms with Crippen LogP contribution in [0.1, 0.15) is 19.8 Å². The lowest BCUT2D eigenvalue weighted by molar-refractivity contribution is -0.0139. The van der Waals surface area contributed by atoms with Gasteiger partial charge in [0.25, 0.3) is 0 Å². The predicted molar refractivity (Wildman–Crippen MR) is 72.8 cm³/mol. The van der Waals surface area contributed by atoms with E-state index in [0.717, 1.165) is 25.7 Å². The van der Waals surface area contributed by atoms with Crippen LogP contribution in [-0.2, 0) is 4.74 Å². The Balaban J connectivity index is 1.67. The summed E-state index contributed by atoms with van der Waals surface area (Å²) in [4.78, 5) is 5.35. The van der Waals surface area contributed by atoms with Gasteiger partial charge < -0.3 is 10.1 Å². The minimum Gasteiger partial charge on any atom is -0.381 e. The maximum atomic E-state index is 5.62. The second-order valence-electron chi connectivity index (χ2n) is 6.01. The highest BCUT2D eigenvalue weighted by molar-refractivity contribution is 4.98. The van der Waals surface area contributed by atoms with Crippen LogP contribution in [0.25, 0.3) is 0 Å². The van der Waals surface area contributed by atoms with Crippen molar-refractivity contribution in [3.63, 3.8) is 0 Å². The van der Waals surface area contributed by atoms with Gasteiger partial charge >= 0.3 is 0 Å². The maximum Gasteiger partial charge on any atom is 0.0510 e. The van der Waals surface area contributed by atoms with Gasteiger partial charge in [-0.25, -0.2) is 0 Å². The van der Waals surface area contributed by atoms with Crippen LogP contribution in [0, 0.1) is 5.92 Å². The van der Waals surface area contributed by atoms with Crippen molar-refractivity contribution in [3.8, 4) is 0 Å². The van der Waals surface area contributed by atoms with E-state index >= 15 is 0 Å². The molecule has 4 nitrogen and oxygen atoms in total. The lowest BCUT2D eigenvalue weighted by atomic mass is 9.88. The number of nitrogens with one attached hydrogen (secondary N) is 1. The van der Waals surface area contributed by atoms with E-state index in [2.05, 4.69) is 22.0 Å².